The van der Waals surface area contributed by atoms with Gasteiger partial charge in [0.15, 0.2) is 0 Å². The van der Waals surface area contributed by atoms with Crippen molar-refractivity contribution < 1.29 is 0 Å². The maximum atomic E-state index is 5.38. The van der Waals surface area contributed by atoms with Crippen molar-refractivity contribution in [1.29, 1.82) is 0 Å². The second kappa shape index (κ2) is 12.5. The highest BCUT2D eigenvalue weighted by molar-refractivity contribution is 6.14. The van der Waals surface area contributed by atoms with Crippen molar-refractivity contribution in [3.05, 3.63) is 174 Å². The summed E-state index contributed by atoms with van der Waals surface area (Å²) in [7, 11) is 0. The van der Waals surface area contributed by atoms with Crippen LogP contribution in [0.25, 0.3) is 66.5 Å². The molecule has 0 saturated carbocycles. The molecule has 2 nitrogen and oxygen atoms in total. The van der Waals surface area contributed by atoms with Crippen LogP contribution in [-0.4, -0.2) is 9.38 Å². The molecular formula is C46H38N2. The molecule has 0 radical (unpaired) electrons. The lowest BCUT2D eigenvalue weighted by atomic mass is 9.91. The quantitative estimate of drug-likeness (QED) is 0.134. The topological polar surface area (TPSA) is 17.3 Å². The van der Waals surface area contributed by atoms with Crippen LogP contribution in [0, 0.1) is 5.92 Å². The van der Waals surface area contributed by atoms with Crippen LogP contribution in [0.15, 0.2) is 169 Å². The minimum Gasteiger partial charge on any atom is -0.291 e. The molecule has 0 fully saturated rings. The van der Waals surface area contributed by atoms with Crippen LogP contribution in [0.5, 0.6) is 0 Å². The zero-order valence-corrected chi connectivity index (χ0v) is 27.7. The fraction of sp³-hybridized carbons (Fsp3) is 0.109. The van der Waals surface area contributed by atoms with Crippen molar-refractivity contribution in [3.8, 4) is 33.6 Å². The van der Waals surface area contributed by atoms with E-state index in [0.717, 1.165) is 45.5 Å². The highest BCUT2D eigenvalue weighted by Gasteiger charge is 2.20. The fourth-order valence-corrected chi connectivity index (χ4v) is 7.05. The summed E-state index contributed by atoms with van der Waals surface area (Å²) in [5, 5.41) is 3.57. The Morgan fingerprint density at radius 3 is 2.06 bits per heavy atom. The molecule has 0 aliphatic heterocycles. The molecular weight excluding hydrogens is 581 g/mol. The van der Waals surface area contributed by atoms with Gasteiger partial charge in [0.1, 0.15) is 5.65 Å². The summed E-state index contributed by atoms with van der Waals surface area (Å²) >= 11 is 0. The van der Waals surface area contributed by atoms with E-state index in [-0.39, 0.29) is 0 Å². The summed E-state index contributed by atoms with van der Waals surface area (Å²) < 4.78 is 2.36. The van der Waals surface area contributed by atoms with Gasteiger partial charge in [-0.05, 0) is 83.2 Å². The largest absolute Gasteiger partial charge is 0.291 e. The smallest absolute Gasteiger partial charge is 0.146 e. The molecule has 232 valence electrons. The third kappa shape index (κ3) is 5.40. The number of hydrogen-bond donors (Lipinski definition) is 0. The first kappa shape index (κ1) is 29.7. The number of para-hydroxylation sites is 1. The van der Waals surface area contributed by atoms with E-state index in [1.165, 1.54) is 44.2 Å². The molecule has 1 aliphatic carbocycles. The van der Waals surface area contributed by atoms with Crippen LogP contribution in [0.3, 0.4) is 0 Å². The molecule has 7 aromatic rings. The number of pyridine rings is 1. The van der Waals surface area contributed by atoms with Crippen LogP contribution in [0.4, 0.5) is 0 Å². The molecule has 0 bridgehead atoms. The van der Waals surface area contributed by atoms with Gasteiger partial charge in [-0.1, -0.05) is 146 Å². The highest BCUT2D eigenvalue weighted by Crippen LogP contribution is 2.40. The van der Waals surface area contributed by atoms with E-state index in [1.54, 1.807) is 0 Å². The molecule has 0 N–H and O–H groups in total. The van der Waals surface area contributed by atoms with E-state index in [0.29, 0.717) is 5.92 Å². The number of rotatable bonds is 6. The fourth-order valence-electron chi connectivity index (χ4n) is 7.05. The normalized spacial score (nSPS) is 15.4. The molecule has 0 amide bonds. The second-order valence-corrected chi connectivity index (χ2v) is 13.0. The number of imidazole rings is 1. The van der Waals surface area contributed by atoms with E-state index in [1.807, 2.05) is 0 Å². The van der Waals surface area contributed by atoms with Gasteiger partial charge >= 0.3 is 0 Å². The number of nitrogens with zero attached hydrogens (tertiary/aromatic N) is 2. The van der Waals surface area contributed by atoms with Gasteiger partial charge in [0.05, 0.1) is 16.9 Å². The Balaban J connectivity index is 1.22. The van der Waals surface area contributed by atoms with Crippen molar-refractivity contribution in [2.45, 2.75) is 27.2 Å². The van der Waals surface area contributed by atoms with Gasteiger partial charge in [-0.3, -0.25) is 4.40 Å². The summed E-state index contributed by atoms with van der Waals surface area (Å²) in [5.74, 6) is 0.600. The molecule has 5 aromatic carbocycles. The predicted molar refractivity (Wildman–Crippen MR) is 205 cm³/mol. The van der Waals surface area contributed by atoms with Crippen LogP contribution in [-0.2, 0) is 0 Å². The van der Waals surface area contributed by atoms with Crippen molar-refractivity contribution >= 4 is 32.9 Å². The number of aromatic nitrogens is 2. The molecule has 0 spiro atoms. The maximum Gasteiger partial charge on any atom is 0.146 e. The van der Waals surface area contributed by atoms with E-state index < -0.39 is 0 Å². The molecule has 48 heavy (non-hydrogen) atoms. The van der Waals surface area contributed by atoms with Crippen LogP contribution >= 0.6 is 0 Å². The minimum atomic E-state index is 0.600. The Hall–Kier alpha value is -5.73. The van der Waals surface area contributed by atoms with Gasteiger partial charge in [-0.2, -0.15) is 0 Å². The summed E-state index contributed by atoms with van der Waals surface area (Å²) in [6.45, 7) is 6.69. The van der Waals surface area contributed by atoms with Crippen LogP contribution < -0.4 is 0 Å². The van der Waals surface area contributed by atoms with Crippen molar-refractivity contribution in [2.24, 2.45) is 5.92 Å². The standard InChI is InChI=1S/C46H38N2/c1-31-13-12-18-38(29-31)33(3)22-21-32(2)34-23-25-35(26-24-34)39-27-28-41-42(30-39)40-19-10-11-20-43(40)48-45(37-16-8-5-9-17-37)44(47-46(41)48)36-14-6-4-7-15-36/h4-28,30-31H,29H2,1-3H3/b32-21+,33-22+. The molecule has 1 unspecified atom stereocenters. The van der Waals surface area contributed by atoms with Gasteiger partial charge in [-0.15, -0.1) is 0 Å². The predicted octanol–water partition coefficient (Wildman–Crippen LogP) is 12.5. The van der Waals surface area contributed by atoms with E-state index >= 15 is 0 Å². The van der Waals surface area contributed by atoms with Crippen LogP contribution in [0.1, 0.15) is 32.8 Å². The summed E-state index contributed by atoms with van der Waals surface area (Å²) in [6, 6.07) is 45.7. The minimum absolute atomic E-state index is 0.600. The average molecular weight is 619 g/mol. The Bertz CT molecular complexity index is 2420. The average Bonchev–Trinajstić information content (AvgIpc) is 3.56. The van der Waals surface area contributed by atoms with Crippen molar-refractivity contribution in [3.63, 3.8) is 0 Å². The Morgan fingerprint density at radius 1 is 0.646 bits per heavy atom. The monoisotopic (exact) mass is 618 g/mol. The molecule has 1 aliphatic rings. The van der Waals surface area contributed by atoms with Crippen molar-refractivity contribution in [1.82, 2.24) is 9.38 Å². The van der Waals surface area contributed by atoms with Gasteiger partial charge < -0.3 is 0 Å². The van der Waals surface area contributed by atoms with Gasteiger partial charge in [-0.25, -0.2) is 4.98 Å². The lowest BCUT2D eigenvalue weighted by Crippen LogP contribution is -1.98. The summed E-state index contributed by atoms with van der Waals surface area (Å²) in [5.41, 5.74) is 14.2. The number of allylic oxidation sites excluding steroid dienone is 8. The van der Waals surface area contributed by atoms with E-state index in [9.17, 15) is 0 Å². The second-order valence-electron chi connectivity index (χ2n) is 13.0. The first-order chi connectivity index (χ1) is 23.5. The molecule has 2 heterocycles. The molecule has 8 rings (SSSR count). The number of hydrogen-bond acceptors (Lipinski definition) is 1. The zero-order chi connectivity index (χ0) is 32.6. The Morgan fingerprint density at radius 2 is 1.31 bits per heavy atom. The Labute approximate surface area is 282 Å². The maximum absolute atomic E-state index is 5.38. The highest BCUT2D eigenvalue weighted by atomic mass is 15.0. The first-order valence-electron chi connectivity index (χ1n) is 16.9. The number of fused-ring (bicyclic) bond motifs is 6. The Kier molecular flexibility index (Phi) is 7.70. The lowest BCUT2D eigenvalue weighted by molar-refractivity contribution is 0.712. The third-order valence-electron chi connectivity index (χ3n) is 9.71. The SMILES string of the molecule is C/C(=C\C=C(/C)c1ccc(-c2ccc3c(c2)c2ccccc2n2c(-c4ccccc4)c(-c4ccccc4)nc32)cc1)C1=CC=CC(C)C1. The van der Waals surface area contributed by atoms with E-state index in [2.05, 4.69) is 183 Å². The molecule has 2 heteroatoms. The van der Waals surface area contributed by atoms with Crippen LogP contribution in [0.2, 0.25) is 0 Å². The van der Waals surface area contributed by atoms with Gasteiger partial charge in [0.25, 0.3) is 0 Å². The first-order valence-corrected chi connectivity index (χ1v) is 16.9. The van der Waals surface area contributed by atoms with E-state index in [4.69, 9.17) is 4.98 Å². The zero-order valence-electron chi connectivity index (χ0n) is 27.7. The summed E-state index contributed by atoms with van der Waals surface area (Å²) in [6.07, 6.45) is 12.3. The molecule has 2 aromatic heterocycles. The molecule has 1 atom stereocenters. The van der Waals surface area contributed by atoms with Gasteiger partial charge in [0.2, 0.25) is 0 Å². The summed E-state index contributed by atoms with van der Waals surface area (Å²) in [4.78, 5) is 5.38. The van der Waals surface area contributed by atoms with Crippen molar-refractivity contribution in [2.75, 3.05) is 0 Å². The molecule has 0 saturated heterocycles. The van der Waals surface area contributed by atoms with Gasteiger partial charge in [0, 0.05) is 21.9 Å². The lowest BCUT2D eigenvalue weighted by Gasteiger charge is -2.14. The third-order valence-corrected chi connectivity index (χ3v) is 9.71. The number of benzene rings is 5.